The highest BCUT2D eigenvalue weighted by Gasteiger charge is 2.38. The molecule has 1 fully saturated rings. The average molecular weight is 386 g/mol. The lowest BCUT2D eigenvalue weighted by atomic mass is 10.1. The van der Waals surface area contributed by atoms with Gasteiger partial charge in [-0.05, 0) is 43.2 Å². The van der Waals surface area contributed by atoms with Crippen LogP contribution in [0.3, 0.4) is 0 Å². The Bertz CT molecular complexity index is 906. The summed E-state index contributed by atoms with van der Waals surface area (Å²) >= 11 is 0. The lowest BCUT2D eigenvalue weighted by Crippen LogP contribution is -2.56. The normalized spacial score (nSPS) is 16.3. The fraction of sp³-hybridized carbons (Fsp3) is 0.353. The van der Waals surface area contributed by atoms with Crippen molar-refractivity contribution in [2.75, 3.05) is 13.1 Å². The number of pyridine rings is 1. The standard InChI is InChI=1S/C17H17F3N2O3S/c1-11-3-5-15(7-12(11)2)26(23,24)22-9-14(10-22)25-16-6-4-13(8-21-16)17(18,19)20/h3-8,14H,9-10H2,1-2H3. The molecule has 0 N–H and O–H groups in total. The number of nitrogens with zero attached hydrogens (tertiary/aromatic N) is 2. The number of halogens is 3. The SMILES string of the molecule is Cc1ccc(S(=O)(=O)N2CC(Oc3ccc(C(F)(F)F)cn3)C2)cc1C. The summed E-state index contributed by atoms with van der Waals surface area (Å²) in [7, 11) is -3.61. The first-order valence-electron chi connectivity index (χ1n) is 7.84. The molecular formula is C17H17F3N2O3S. The summed E-state index contributed by atoms with van der Waals surface area (Å²) in [4.78, 5) is 3.84. The first kappa shape index (κ1) is 18.7. The van der Waals surface area contributed by atoms with Gasteiger partial charge in [-0.2, -0.15) is 17.5 Å². The van der Waals surface area contributed by atoms with Crippen LogP contribution in [0.15, 0.2) is 41.4 Å². The van der Waals surface area contributed by atoms with Gasteiger partial charge in [-0.15, -0.1) is 0 Å². The van der Waals surface area contributed by atoms with E-state index in [-0.39, 0.29) is 23.9 Å². The fourth-order valence-electron chi connectivity index (χ4n) is 2.48. The molecule has 0 atom stereocenters. The number of aryl methyl sites for hydroxylation is 2. The Balaban J connectivity index is 1.62. The van der Waals surface area contributed by atoms with Crippen LogP contribution in [0.25, 0.3) is 0 Å². The maximum absolute atomic E-state index is 12.6. The topological polar surface area (TPSA) is 59.5 Å². The van der Waals surface area contributed by atoms with Crippen molar-refractivity contribution in [1.29, 1.82) is 0 Å². The van der Waals surface area contributed by atoms with Gasteiger partial charge < -0.3 is 4.74 Å². The molecule has 0 spiro atoms. The number of rotatable bonds is 4. The summed E-state index contributed by atoms with van der Waals surface area (Å²) in [6, 6.07) is 6.94. The summed E-state index contributed by atoms with van der Waals surface area (Å²) in [5.74, 6) is 0.0335. The van der Waals surface area contributed by atoms with Crippen LogP contribution in [-0.2, 0) is 16.2 Å². The van der Waals surface area contributed by atoms with Gasteiger partial charge >= 0.3 is 6.18 Å². The highest BCUT2D eigenvalue weighted by molar-refractivity contribution is 7.89. The van der Waals surface area contributed by atoms with Crippen molar-refractivity contribution in [3.05, 3.63) is 53.2 Å². The van der Waals surface area contributed by atoms with E-state index in [0.717, 1.165) is 23.3 Å². The number of benzene rings is 1. The quantitative estimate of drug-likeness (QED) is 0.810. The van der Waals surface area contributed by atoms with E-state index in [1.165, 1.54) is 4.31 Å². The van der Waals surface area contributed by atoms with Crippen LogP contribution in [0.5, 0.6) is 5.88 Å². The van der Waals surface area contributed by atoms with Crippen LogP contribution in [0, 0.1) is 13.8 Å². The van der Waals surface area contributed by atoms with Crippen molar-refractivity contribution in [1.82, 2.24) is 9.29 Å². The summed E-state index contributed by atoms with van der Waals surface area (Å²) in [6.45, 7) is 3.98. The molecular weight excluding hydrogens is 369 g/mol. The van der Waals surface area contributed by atoms with Gasteiger partial charge in [0, 0.05) is 12.3 Å². The lowest BCUT2D eigenvalue weighted by molar-refractivity contribution is -0.137. The second-order valence-electron chi connectivity index (χ2n) is 6.19. The molecule has 0 radical (unpaired) electrons. The van der Waals surface area contributed by atoms with Gasteiger partial charge in [0.05, 0.1) is 23.5 Å². The highest BCUT2D eigenvalue weighted by atomic mass is 32.2. The molecule has 3 rings (SSSR count). The molecule has 0 bridgehead atoms. The zero-order valence-corrected chi connectivity index (χ0v) is 14.9. The Morgan fingerprint density at radius 2 is 1.81 bits per heavy atom. The van der Waals surface area contributed by atoms with Gasteiger partial charge in [-0.25, -0.2) is 13.4 Å². The van der Waals surface area contributed by atoms with E-state index < -0.39 is 27.9 Å². The summed E-state index contributed by atoms with van der Waals surface area (Å²) in [5.41, 5.74) is 1.02. The van der Waals surface area contributed by atoms with Gasteiger partial charge in [-0.3, -0.25) is 0 Å². The zero-order valence-electron chi connectivity index (χ0n) is 14.1. The molecule has 1 aromatic heterocycles. The van der Waals surface area contributed by atoms with E-state index in [4.69, 9.17) is 4.74 Å². The molecule has 1 aromatic carbocycles. The van der Waals surface area contributed by atoms with Crippen molar-refractivity contribution in [3.63, 3.8) is 0 Å². The molecule has 140 valence electrons. The molecule has 1 aliphatic heterocycles. The minimum Gasteiger partial charge on any atom is -0.472 e. The van der Waals surface area contributed by atoms with Crippen LogP contribution in [0.4, 0.5) is 13.2 Å². The van der Waals surface area contributed by atoms with Crippen LogP contribution < -0.4 is 4.74 Å². The highest BCUT2D eigenvalue weighted by Crippen LogP contribution is 2.30. The second kappa shape index (κ2) is 6.55. The first-order chi connectivity index (χ1) is 12.1. The van der Waals surface area contributed by atoms with Gasteiger partial charge in [0.2, 0.25) is 15.9 Å². The Morgan fingerprint density at radius 1 is 1.12 bits per heavy atom. The van der Waals surface area contributed by atoms with Crippen LogP contribution >= 0.6 is 0 Å². The van der Waals surface area contributed by atoms with Gasteiger partial charge in [-0.1, -0.05) is 6.07 Å². The molecule has 0 amide bonds. The first-order valence-corrected chi connectivity index (χ1v) is 9.29. The smallest absolute Gasteiger partial charge is 0.417 e. The third-order valence-electron chi connectivity index (χ3n) is 4.28. The molecule has 2 aromatic rings. The average Bonchev–Trinajstić information content (AvgIpc) is 2.52. The largest absolute Gasteiger partial charge is 0.472 e. The minimum absolute atomic E-state index is 0.0335. The number of sulfonamides is 1. The van der Waals surface area contributed by atoms with Gasteiger partial charge in [0.25, 0.3) is 0 Å². The predicted molar refractivity (Wildman–Crippen MR) is 88.3 cm³/mol. The van der Waals surface area contributed by atoms with Crippen molar-refractivity contribution in [2.24, 2.45) is 0 Å². The Labute approximate surface area is 149 Å². The van der Waals surface area contributed by atoms with E-state index in [2.05, 4.69) is 4.98 Å². The van der Waals surface area contributed by atoms with E-state index in [1.807, 2.05) is 13.8 Å². The van der Waals surface area contributed by atoms with E-state index in [1.54, 1.807) is 18.2 Å². The summed E-state index contributed by atoms with van der Waals surface area (Å²) < 4.78 is 69.3. The van der Waals surface area contributed by atoms with Gasteiger partial charge in [0.15, 0.2) is 0 Å². The molecule has 0 saturated carbocycles. The maximum atomic E-state index is 12.6. The molecule has 0 unspecified atom stereocenters. The second-order valence-corrected chi connectivity index (χ2v) is 8.13. The van der Waals surface area contributed by atoms with Crippen LogP contribution in [0.2, 0.25) is 0 Å². The lowest BCUT2D eigenvalue weighted by Gasteiger charge is -2.37. The van der Waals surface area contributed by atoms with Crippen molar-refractivity contribution < 1.29 is 26.3 Å². The van der Waals surface area contributed by atoms with E-state index >= 15 is 0 Å². The monoisotopic (exact) mass is 386 g/mol. The number of alkyl halides is 3. The number of hydrogen-bond donors (Lipinski definition) is 0. The summed E-state index contributed by atoms with van der Waals surface area (Å²) in [5, 5.41) is 0. The van der Waals surface area contributed by atoms with Crippen molar-refractivity contribution >= 4 is 10.0 Å². The zero-order chi connectivity index (χ0) is 19.1. The molecule has 0 aliphatic carbocycles. The number of ether oxygens (including phenoxy) is 1. The minimum atomic E-state index is -4.46. The third-order valence-corrected chi connectivity index (χ3v) is 6.11. The molecule has 9 heteroatoms. The summed E-state index contributed by atoms with van der Waals surface area (Å²) in [6.07, 6.45) is -4.21. The van der Waals surface area contributed by atoms with Crippen LogP contribution in [-0.4, -0.2) is 36.9 Å². The van der Waals surface area contributed by atoms with E-state index in [9.17, 15) is 21.6 Å². The molecule has 2 heterocycles. The molecule has 1 aliphatic rings. The number of hydrogen-bond acceptors (Lipinski definition) is 4. The molecule has 5 nitrogen and oxygen atoms in total. The van der Waals surface area contributed by atoms with Crippen LogP contribution in [0.1, 0.15) is 16.7 Å². The van der Waals surface area contributed by atoms with Gasteiger partial charge in [0.1, 0.15) is 6.10 Å². The predicted octanol–water partition coefficient (Wildman–Crippen LogP) is 3.17. The Kier molecular flexibility index (Phi) is 4.70. The fourth-order valence-corrected chi connectivity index (χ4v) is 4.07. The Hall–Kier alpha value is -2.13. The maximum Gasteiger partial charge on any atom is 0.417 e. The molecule has 26 heavy (non-hydrogen) atoms. The Morgan fingerprint density at radius 3 is 2.35 bits per heavy atom. The third kappa shape index (κ3) is 3.68. The molecule has 1 saturated heterocycles. The van der Waals surface area contributed by atoms with Crippen molar-refractivity contribution in [2.45, 2.75) is 31.0 Å². The van der Waals surface area contributed by atoms with E-state index in [0.29, 0.717) is 6.20 Å². The number of aromatic nitrogens is 1. The van der Waals surface area contributed by atoms with Crippen molar-refractivity contribution in [3.8, 4) is 5.88 Å².